The fraction of sp³-hybridized carbons (Fsp3) is 0.500. The number of halogens is 3. The lowest BCUT2D eigenvalue weighted by Gasteiger charge is -2.39. The van der Waals surface area contributed by atoms with E-state index in [1.165, 1.54) is 12.1 Å². The zero-order valence-corrected chi connectivity index (χ0v) is 11.0. The van der Waals surface area contributed by atoms with Crippen LogP contribution in [0.4, 0.5) is 18.9 Å². The molecule has 0 bridgehead atoms. The number of anilines is 1. The average Bonchev–Trinajstić information content (AvgIpc) is 2.37. The highest BCUT2D eigenvalue weighted by Crippen LogP contribution is 2.33. The van der Waals surface area contributed by atoms with Gasteiger partial charge < -0.3 is 10.0 Å². The molecule has 0 radical (unpaired) electrons. The van der Waals surface area contributed by atoms with E-state index in [4.69, 9.17) is 0 Å². The summed E-state index contributed by atoms with van der Waals surface area (Å²) in [7, 11) is 0. The van der Waals surface area contributed by atoms with Gasteiger partial charge in [0.25, 0.3) is 0 Å². The van der Waals surface area contributed by atoms with Crippen molar-refractivity contribution in [2.45, 2.75) is 32.0 Å². The van der Waals surface area contributed by atoms with Crippen LogP contribution < -0.4 is 4.90 Å². The highest BCUT2D eigenvalue weighted by atomic mass is 19.4. The molecule has 3 nitrogen and oxygen atoms in total. The van der Waals surface area contributed by atoms with Crippen LogP contribution >= 0.6 is 0 Å². The Hall–Kier alpha value is -1.72. The van der Waals surface area contributed by atoms with Crippen LogP contribution in [0.5, 0.6) is 0 Å². The molecule has 1 fully saturated rings. The first-order valence-electron chi connectivity index (χ1n) is 6.47. The van der Waals surface area contributed by atoms with Gasteiger partial charge in [0, 0.05) is 12.2 Å². The van der Waals surface area contributed by atoms with Crippen LogP contribution in [0.25, 0.3) is 0 Å². The average molecular weight is 287 g/mol. The molecule has 0 saturated carbocycles. The van der Waals surface area contributed by atoms with Gasteiger partial charge in [0.1, 0.15) is 6.04 Å². The maximum absolute atomic E-state index is 12.5. The van der Waals surface area contributed by atoms with E-state index in [1.807, 2.05) is 6.92 Å². The summed E-state index contributed by atoms with van der Waals surface area (Å²) >= 11 is 0. The van der Waals surface area contributed by atoms with E-state index in [-0.39, 0.29) is 5.92 Å². The maximum Gasteiger partial charge on any atom is 0.416 e. The van der Waals surface area contributed by atoms with Crippen molar-refractivity contribution in [3.05, 3.63) is 29.8 Å². The molecule has 2 unspecified atom stereocenters. The normalized spacial score (nSPS) is 23.7. The first-order valence-corrected chi connectivity index (χ1v) is 6.47. The fourth-order valence-corrected chi connectivity index (χ4v) is 2.70. The Kier molecular flexibility index (Phi) is 3.92. The van der Waals surface area contributed by atoms with E-state index in [1.54, 1.807) is 4.90 Å². The molecule has 2 rings (SSSR count). The van der Waals surface area contributed by atoms with Gasteiger partial charge in [-0.1, -0.05) is 6.92 Å². The van der Waals surface area contributed by atoms with E-state index >= 15 is 0 Å². The van der Waals surface area contributed by atoms with Crippen molar-refractivity contribution in [2.75, 3.05) is 11.4 Å². The van der Waals surface area contributed by atoms with Crippen LogP contribution in [0.1, 0.15) is 25.3 Å². The molecule has 1 N–H and O–H groups in total. The predicted octanol–water partition coefficient (Wildman–Crippen LogP) is 3.39. The largest absolute Gasteiger partial charge is 0.480 e. The van der Waals surface area contributed by atoms with Gasteiger partial charge >= 0.3 is 12.1 Å². The molecular weight excluding hydrogens is 271 g/mol. The summed E-state index contributed by atoms with van der Waals surface area (Å²) in [4.78, 5) is 13.0. The quantitative estimate of drug-likeness (QED) is 0.906. The number of carboxylic acid groups (broad SMARTS) is 1. The summed E-state index contributed by atoms with van der Waals surface area (Å²) in [6.07, 6.45) is -2.72. The van der Waals surface area contributed by atoms with Crippen molar-refractivity contribution in [3.63, 3.8) is 0 Å². The highest BCUT2D eigenvalue weighted by Gasteiger charge is 2.35. The monoisotopic (exact) mass is 287 g/mol. The lowest BCUT2D eigenvalue weighted by atomic mass is 9.90. The molecule has 1 heterocycles. The molecule has 1 aliphatic heterocycles. The molecular formula is C14H16F3NO2. The molecule has 6 heteroatoms. The second-order valence-corrected chi connectivity index (χ2v) is 5.14. The minimum Gasteiger partial charge on any atom is -0.480 e. The first kappa shape index (κ1) is 14.7. The Bertz CT molecular complexity index is 484. The first-order chi connectivity index (χ1) is 9.30. The number of alkyl halides is 3. The maximum atomic E-state index is 12.5. The second kappa shape index (κ2) is 5.34. The van der Waals surface area contributed by atoms with Gasteiger partial charge in [0.15, 0.2) is 0 Å². The molecule has 0 aliphatic carbocycles. The number of hydrogen-bond acceptors (Lipinski definition) is 2. The summed E-state index contributed by atoms with van der Waals surface area (Å²) in [5.41, 5.74) is -0.199. The minimum atomic E-state index is -4.38. The lowest BCUT2D eigenvalue weighted by molar-refractivity contribution is -0.140. The van der Waals surface area contributed by atoms with Crippen molar-refractivity contribution in [1.29, 1.82) is 0 Å². The third-order valence-electron chi connectivity index (χ3n) is 3.71. The second-order valence-electron chi connectivity index (χ2n) is 5.14. The fourth-order valence-electron chi connectivity index (χ4n) is 2.70. The number of nitrogens with zero attached hydrogens (tertiary/aromatic N) is 1. The van der Waals surface area contributed by atoms with Crippen molar-refractivity contribution < 1.29 is 23.1 Å². The minimum absolute atomic E-state index is 0.0245. The van der Waals surface area contributed by atoms with E-state index in [0.29, 0.717) is 12.2 Å². The van der Waals surface area contributed by atoms with Gasteiger partial charge in [-0.25, -0.2) is 4.79 Å². The summed E-state index contributed by atoms with van der Waals surface area (Å²) < 4.78 is 37.6. The third kappa shape index (κ3) is 2.89. The predicted molar refractivity (Wildman–Crippen MR) is 68.6 cm³/mol. The Labute approximate surface area is 115 Å². The SMILES string of the molecule is CC1CCCN(c2ccc(C(F)(F)F)cc2)C1C(=O)O. The summed E-state index contributed by atoms with van der Waals surface area (Å²) in [6.45, 7) is 2.40. The van der Waals surface area contributed by atoms with Gasteiger partial charge in [0.05, 0.1) is 5.56 Å². The van der Waals surface area contributed by atoms with E-state index in [9.17, 15) is 23.1 Å². The number of aliphatic carboxylic acids is 1. The van der Waals surface area contributed by atoms with Crippen LogP contribution in [0.15, 0.2) is 24.3 Å². The van der Waals surface area contributed by atoms with Crippen molar-refractivity contribution >= 4 is 11.7 Å². The molecule has 20 heavy (non-hydrogen) atoms. The van der Waals surface area contributed by atoms with E-state index in [2.05, 4.69) is 0 Å². The molecule has 2 atom stereocenters. The Morgan fingerprint density at radius 2 is 1.90 bits per heavy atom. The number of benzene rings is 1. The van der Waals surface area contributed by atoms with Crippen LogP contribution in [0, 0.1) is 5.92 Å². The van der Waals surface area contributed by atoms with Gasteiger partial charge in [0.2, 0.25) is 0 Å². The number of rotatable bonds is 2. The zero-order valence-electron chi connectivity index (χ0n) is 11.0. The number of piperidine rings is 1. The third-order valence-corrected chi connectivity index (χ3v) is 3.71. The lowest BCUT2D eigenvalue weighted by Crippen LogP contribution is -2.49. The van der Waals surface area contributed by atoms with Gasteiger partial charge in [-0.3, -0.25) is 0 Å². The molecule has 1 aliphatic rings. The molecule has 0 spiro atoms. The highest BCUT2D eigenvalue weighted by molar-refractivity contribution is 5.79. The topological polar surface area (TPSA) is 40.5 Å². The van der Waals surface area contributed by atoms with Crippen LogP contribution in [0.3, 0.4) is 0 Å². The van der Waals surface area contributed by atoms with Gasteiger partial charge in [-0.15, -0.1) is 0 Å². The molecule has 110 valence electrons. The number of carboxylic acids is 1. The van der Waals surface area contributed by atoms with Crippen molar-refractivity contribution in [2.24, 2.45) is 5.92 Å². The number of carbonyl (C=O) groups is 1. The molecule has 0 amide bonds. The molecule has 1 aromatic carbocycles. The summed E-state index contributed by atoms with van der Waals surface area (Å²) in [6, 6.07) is 4.00. The van der Waals surface area contributed by atoms with Crippen LogP contribution in [0.2, 0.25) is 0 Å². The molecule has 1 aromatic rings. The number of hydrogen-bond donors (Lipinski definition) is 1. The van der Waals surface area contributed by atoms with Crippen molar-refractivity contribution in [3.8, 4) is 0 Å². The standard InChI is InChI=1S/C14H16F3NO2/c1-9-3-2-8-18(12(9)13(19)20)11-6-4-10(5-7-11)14(15,16)17/h4-7,9,12H,2-3,8H2,1H3,(H,19,20). The Morgan fingerprint density at radius 1 is 1.30 bits per heavy atom. The summed E-state index contributed by atoms with van der Waals surface area (Å²) in [5.74, 6) is -0.958. The van der Waals surface area contributed by atoms with Crippen LogP contribution in [-0.2, 0) is 11.0 Å². The molecule has 0 aromatic heterocycles. The Morgan fingerprint density at radius 3 is 2.40 bits per heavy atom. The molecule has 1 saturated heterocycles. The zero-order chi connectivity index (χ0) is 14.9. The van der Waals surface area contributed by atoms with Crippen molar-refractivity contribution in [1.82, 2.24) is 0 Å². The van der Waals surface area contributed by atoms with Gasteiger partial charge in [-0.05, 0) is 43.0 Å². The van der Waals surface area contributed by atoms with E-state index in [0.717, 1.165) is 25.0 Å². The summed E-state index contributed by atoms with van der Waals surface area (Å²) in [5, 5.41) is 9.30. The van der Waals surface area contributed by atoms with Gasteiger partial charge in [-0.2, -0.15) is 13.2 Å². The van der Waals surface area contributed by atoms with Crippen LogP contribution in [-0.4, -0.2) is 23.7 Å². The smallest absolute Gasteiger partial charge is 0.416 e. The Balaban J connectivity index is 2.27. The van der Waals surface area contributed by atoms with E-state index < -0.39 is 23.8 Å².